The standard InChI is InChI=1S/C12H21NO5/c1-6-10(14)17-9(8-16-7-2)13-11(15)18-12(3,4)5/h6,9H,1,7-8H2,2-5H3,(H,13,15). The Hall–Kier alpha value is -1.56. The van der Waals surface area contributed by atoms with Crippen molar-refractivity contribution < 1.29 is 23.8 Å². The molecule has 0 fully saturated rings. The lowest BCUT2D eigenvalue weighted by molar-refractivity contribution is -0.147. The number of carbonyl (C=O) groups is 2. The second-order valence-electron chi connectivity index (χ2n) is 4.44. The Morgan fingerprint density at radius 2 is 2.00 bits per heavy atom. The van der Waals surface area contributed by atoms with Crippen molar-refractivity contribution in [2.24, 2.45) is 0 Å². The van der Waals surface area contributed by atoms with Crippen molar-refractivity contribution >= 4 is 12.1 Å². The van der Waals surface area contributed by atoms with Crippen LogP contribution in [0.5, 0.6) is 0 Å². The van der Waals surface area contributed by atoms with Gasteiger partial charge in [0.15, 0.2) is 0 Å². The highest BCUT2D eigenvalue weighted by molar-refractivity contribution is 5.81. The first-order valence-corrected chi connectivity index (χ1v) is 5.68. The van der Waals surface area contributed by atoms with E-state index in [-0.39, 0.29) is 6.61 Å². The molecule has 6 heteroatoms. The number of hydrogen-bond donors (Lipinski definition) is 1. The van der Waals surface area contributed by atoms with Gasteiger partial charge in [-0.2, -0.15) is 0 Å². The van der Waals surface area contributed by atoms with Crippen LogP contribution in [-0.2, 0) is 19.0 Å². The lowest BCUT2D eigenvalue weighted by atomic mass is 10.2. The van der Waals surface area contributed by atoms with E-state index in [1.165, 1.54) is 0 Å². The summed E-state index contributed by atoms with van der Waals surface area (Å²) in [6, 6.07) is 0. The van der Waals surface area contributed by atoms with Gasteiger partial charge in [-0.25, -0.2) is 9.59 Å². The van der Waals surface area contributed by atoms with Crippen molar-refractivity contribution in [1.29, 1.82) is 0 Å². The zero-order valence-corrected chi connectivity index (χ0v) is 11.3. The van der Waals surface area contributed by atoms with Gasteiger partial charge < -0.3 is 14.2 Å². The van der Waals surface area contributed by atoms with Crippen LogP contribution in [0.2, 0.25) is 0 Å². The first kappa shape index (κ1) is 16.4. The quantitative estimate of drug-likeness (QED) is 0.445. The van der Waals surface area contributed by atoms with Crippen LogP contribution < -0.4 is 5.32 Å². The summed E-state index contributed by atoms with van der Waals surface area (Å²) in [7, 11) is 0. The van der Waals surface area contributed by atoms with Gasteiger partial charge in [-0.3, -0.25) is 5.32 Å². The molecule has 0 spiro atoms. The molecule has 0 bridgehead atoms. The second kappa shape index (κ2) is 7.71. The Morgan fingerprint density at radius 3 is 2.44 bits per heavy atom. The van der Waals surface area contributed by atoms with Crippen molar-refractivity contribution in [3.8, 4) is 0 Å². The summed E-state index contributed by atoms with van der Waals surface area (Å²) in [5, 5.41) is 2.40. The molecule has 0 saturated heterocycles. The molecule has 0 aromatic carbocycles. The molecule has 0 radical (unpaired) electrons. The summed E-state index contributed by atoms with van der Waals surface area (Å²) in [5.74, 6) is -0.643. The van der Waals surface area contributed by atoms with E-state index in [9.17, 15) is 9.59 Å². The summed E-state index contributed by atoms with van der Waals surface area (Å²) >= 11 is 0. The summed E-state index contributed by atoms with van der Waals surface area (Å²) < 4.78 is 15.0. The molecular weight excluding hydrogens is 238 g/mol. The zero-order chi connectivity index (χ0) is 14.2. The fourth-order valence-electron chi connectivity index (χ4n) is 0.957. The number of ether oxygens (including phenoxy) is 3. The molecular formula is C12H21NO5. The smallest absolute Gasteiger partial charge is 0.410 e. The van der Waals surface area contributed by atoms with Gasteiger partial charge in [-0.1, -0.05) is 6.58 Å². The van der Waals surface area contributed by atoms with Crippen molar-refractivity contribution in [1.82, 2.24) is 5.32 Å². The highest BCUT2D eigenvalue weighted by Crippen LogP contribution is 2.07. The van der Waals surface area contributed by atoms with Crippen LogP contribution in [0.4, 0.5) is 4.79 Å². The zero-order valence-electron chi connectivity index (χ0n) is 11.3. The molecule has 0 aliphatic heterocycles. The van der Waals surface area contributed by atoms with Gasteiger partial charge in [-0.15, -0.1) is 0 Å². The molecule has 0 aliphatic rings. The molecule has 18 heavy (non-hydrogen) atoms. The van der Waals surface area contributed by atoms with Crippen LogP contribution in [0, 0.1) is 0 Å². The maximum atomic E-state index is 11.5. The minimum Gasteiger partial charge on any atom is -0.444 e. The number of nitrogens with one attached hydrogen (secondary N) is 1. The molecule has 1 N–H and O–H groups in total. The van der Waals surface area contributed by atoms with Gasteiger partial charge in [0.05, 0.1) is 0 Å². The van der Waals surface area contributed by atoms with Gasteiger partial charge in [0.1, 0.15) is 12.2 Å². The predicted octanol–water partition coefficient (Wildman–Crippen LogP) is 1.60. The van der Waals surface area contributed by atoms with E-state index < -0.39 is 23.9 Å². The molecule has 0 aromatic heterocycles. The van der Waals surface area contributed by atoms with Crippen molar-refractivity contribution in [2.75, 3.05) is 13.2 Å². The van der Waals surface area contributed by atoms with Crippen LogP contribution in [0.3, 0.4) is 0 Å². The average Bonchev–Trinajstić information content (AvgIpc) is 2.22. The second-order valence-corrected chi connectivity index (χ2v) is 4.44. The highest BCUT2D eigenvalue weighted by Gasteiger charge is 2.21. The fourth-order valence-corrected chi connectivity index (χ4v) is 0.957. The first-order chi connectivity index (χ1) is 8.28. The third kappa shape index (κ3) is 8.58. The Kier molecular flexibility index (Phi) is 7.04. The van der Waals surface area contributed by atoms with Crippen molar-refractivity contribution in [3.63, 3.8) is 0 Å². The van der Waals surface area contributed by atoms with Crippen LogP contribution in [0.15, 0.2) is 12.7 Å². The topological polar surface area (TPSA) is 73.9 Å². The highest BCUT2D eigenvalue weighted by atomic mass is 16.6. The fraction of sp³-hybridized carbons (Fsp3) is 0.667. The number of esters is 1. The van der Waals surface area contributed by atoms with Gasteiger partial charge in [-0.05, 0) is 27.7 Å². The minimum atomic E-state index is -0.898. The van der Waals surface area contributed by atoms with Gasteiger partial charge in [0, 0.05) is 12.7 Å². The van der Waals surface area contributed by atoms with Crippen LogP contribution in [-0.4, -0.2) is 37.1 Å². The van der Waals surface area contributed by atoms with Gasteiger partial charge >= 0.3 is 12.1 Å². The lowest BCUT2D eigenvalue weighted by Gasteiger charge is -2.23. The third-order valence-electron chi connectivity index (χ3n) is 1.58. The number of alkyl carbamates (subject to hydrolysis) is 1. The first-order valence-electron chi connectivity index (χ1n) is 5.68. The van der Waals surface area contributed by atoms with E-state index in [1.54, 1.807) is 27.7 Å². The molecule has 0 aliphatic carbocycles. The molecule has 1 atom stereocenters. The number of rotatable bonds is 6. The Balaban J connectivity index is 4.34. The summed E-state index contributed by atoms with van der Waals surface area (Å²) in [5.41, 5.74) is -0.622. The molecule has 0 rings (SSSR count). The van der Waals surface area contributed by atoms with Crippen LogP contribution in [0.25, 0.3) is 0 Å². The number of amides is 1. The maximum absolute atomic E-state index is 11.5. The summed E-state index contributed by atoms with van der Waals surface area (Å²) in [6.07, 6.45) is -0.565. The Bertz CT molecular complexity index is 295. The monoisotopic (exact) mass is 259 g/mol. The third-order valence-corrected chi connectivity index (χ3v) is 1.58. The molecule has 104 valence electrons. The molecule has 0 aromatic rings. The van der Waals surface area contributed by atoms with Crippen LogP contribution >= 0.6 is 0 Å². The average molecular weight is 259 g/mol. The van der Waals surface area contributed by atoms with Gasteiger partial charge in [0.2, 0.25) is 6.23 Å². The van der Waals surface area contributed by atoms with E-state index in [0.29, 0.717) is 6.61 Å². The molecule has 6 nitrogen and oxygen atoms in total. The summed E-state index contributed by atoms with van der Waals surface area (Å²) in [6.45, 7) is 10.8. The molecule has 1 unspecified atom stereocenters. The lowest BCUT2D eigenvalue weighted by Crippen LogP contribution is -2.43. The number of hydrogen-bond acceptors (Lipinski definition) is 5. The van der Waals surface area contributed by atoms with Crippen molar-refractivity contribution in [2.45, 2.75) is 39.5 Å². The van der Waals surface area contributed by atoms with Crippen LogP contribution in [0.1, 0.15) is 27.7 Å². The maximum Gasteiger partial charge on any atom is 0.410 e. The molecule has 0 saturated carbocycles. The Morgan fingerprint density at radius 1 is 1.39 bits per heavy atom. The predicted molar refractivity (Wildman–Crippen MR) is 65.9 cm³/mol. The largest absolute Gasteiger partial charge is 0.444 e. The number of carbonyl (C=O) groups excluding carboxylic acids is 2. The summed E-state index contributed by atoms with van der Waals surface area (Å²) in [4.78, 5) is 22.6. The normalized spacial score (nSPS) is 12.4. The molecule has 1 amide bonds. The minimum absolute atomic E-state index is 0.0509. The Labute approximate surface area is 107 Å². The van der Waals surface area contributed by atoms with E-state index >= 15 is 0 Å². The van der Waals surface area contributed by atoms with Crippen molar-refractivity contribution in [3.05, 3.63) is 12.7 Å². The van der Waals surface area contributed by atoms with E-state index in [1.807, 2.05) is 0 Å². The SMILES string of the molecule is C=CC(=O)OC(COCC)NC(=O)OC(C)(C)C. The van der Waals surface area contributed by atoms with E-state index in [2.05, 4.69) is 11.9 Å². The molecule has 0 heterocycles. The van der Waals surface area contributed by atoms with E-state index in [4.69, 9.17) is 14.2 Å². The van der Waals surface area contributed by atoms with E-state index in [0.717, 1.165) is 6.08 Å². The van der Waals surface area contributed by atoms with Gasteiger partial charge in [0.25, 0.3) is 0 Å².